The highest BCUT2D eigenvalue weighted by Crippen LogP contribution is 2.29. The van der Waals surface area contributed by atoms with Crippen molar-refractivity contribution in [3.8, 4) is 11.6 Å². The third-order valence-electron chi connectivity index (χ3n) is 4.68. The molecule has 0 spiro atoms. The van der Waals surface area contributed by atoms with Gasteiger partial charge in [0.05, 0.1) is 5.75 Å². The second-order valence-corrected chi connectivity index (χ2v) is 7.49. The largest absolute Gasteiger partial charge is 0.453 e. The minimum Gasteiger partial charge on any atom is -0.453 e. The smallest absolute Gasteiger partial charge is 0.234 e. The van der Waals surface area contributed by atoms with Crippen LogP contribution in [0.15, 0.2) is 64.2 Å². The summed E-state index contributed by atoms with van der Waals surface area (Å²) < 4.78 is 7.90. The fourth-order valence-electron chi connectivity index (χ4n) is 3.22. The van der Waals surface area contributed by atoms with Crippen LogP contribution < -0.4 is 5.32 Å². The monoisotopic (exact) mass is 406 g/mol. The highest BCUT2D eigenvalue weighted by Gasteiger charge is 2.18. The molecule has 0 bridgehead atoms. The molecule has 0 aliphatic carbocycles. The van der Waals surface area contributed by atoms with Crippen molar-refractivity contribution in [3.63, 3.8) is 0 Å². The number of carbonyl (C=O) groups is 1. The van der Waals surface area contributed by atoms with Gasteiger partial charge >= 0.3 is 0 Å². The molecule has 0 atom stereocenters. The van der Waals surface area contributed by atoms with Crippen molar-refractivity contribution in [3.05, 3.63) is 60.2 Å². The third-order valence-corrected chi connectivity index (χ3v) is 5.65. The van der Waals surface area contributed by atoms with Gasteiger partial charge in [0.2, 0.25) is 11.7 Å². The molecule has 148 valence electrons. The van der Waals surface area contributed by atoms with Crippen LogP contribution in [0.1, 0.15) is 19.4 Å². The fourth-order valence-corrected chi connectivity index (χ4v) is 4.02. The van der Waals surface area contributed by atoms with Crippen LogP contribution in [-0.4, -0.2) is 26.4 Å². The molecule has 0 saturated heterocycles. The predicted octanol–water partition coefficient (Wildman–Crippen LogP) is 5.00. The van der Waals surface area contributed by atoms with Gasteiger partial charge in [-0.2, -0.15) is 0 Å². The molecule has 1 N–H and O–H groups in total. The number of aromatic nitrogens is 3. The summed E-state index contributed by atoms with van der Waals surface area (Å²) in [4.78, 5) is 12.4. The van der Waals surface area contributed by atoms with E-state index in [2.05, 4.69) is 22.4 Å². The van der Waals surface area contributed by atoms with E-state index in [1.807, 2.05) is 66.1 Å². The summed E-state index contributed by atoms with van der Waals surface area (Å²) >= 11 is 1.37. The topological polar surface area (TPSA) is 73.0 Å². The SMILES string of the molecule is CCc1ccccc1NC(=O)CSc1nnc(-c2cc3ccccc3o2)n1CC. The lowest BCUT2D eigenvalue weighted by atomic mass is 10.1. The van der Waals surface area contributed by atoms with Crippen LogP contribution in [0.5, 0.6) is 0 Å². The van der Waals surface area contributed by atoms with E-state index >= 15 is 0 Å². The highest BCUT2D eigenvalue weighted by molar-refractivity contribution is 7.99. The van der Waals surface area contributed by atoms with Crippen LogP contribution in [0.3, 0.4) is 0 Å². The zero-order valence-electron chi connectivity index (χ0n) is 16.4. The molecule has 7 heteroatoms. The molecule has 4 rings (SSSR count). The summed E-state index contributed by atoms with van der Waals surface area (Å²) in [6, 6.07) is 17.7. The average Bonchev–Trinajstić information content (AvgIpc) is 3.36. The zero-order valence-corrected chi connectivity index (χ0v) is 17.2. The van der Waals surface area contributed by atoms with Gasteiger partial charge in [-0.05, 0) is 37.1 Å². The Kier molecular flexibility index (Phi) is 5.67. The summed E-state index contributed by atoms with van der Waals surface area (Å²) in [5, 5.41) is 13.3. The Labute approximate surface area is 173 Å². The van der Waals surface area contributed by atoms with Gasteiger partial charge in [-0.25, -0.2) is 0 Å². The lowest BCUT2D eigenvalue weighted by Crippen LogP contribution is -2.15. The second-order valence-electron chi connectivity index (χ2n) is 6.55. The molecule has 0 radical (unpaired) electrons. The molecule has 0 aliphatic heterocycles. The number of carbonyl (C=O) groups excluding carboxylic acids is 1. The summed E-state index contributed by atoms with van der Waals surface area (Å²) in [6.07, 6.45) is 0.870. The molecule has 2 heterocycles. The van der Waals surface area contributed by atoms with Crippen molar-refractivity contribution >= 4 is 34.3 Å². The van der Waals surface area contributed by atoms with Crippen LogP contribution in [0.4, 0.5) is 5.69 Å². The number of nitrogens with one attached hydrogen (secondary N) is 1. The van der Waals surface area contributed by atoms with Crippen LogP contribution in [0.2, 0.25) is 0 Å². The van der Waals surface area contributed by atoms with E-state index in [0.717, 1.165) is 28.6 Å². The zero-order chi connectivity index (χ0) is 20.2. The fraction of sp³-hybridized carbons (Fsp3) is 0.227. The van der Waals surface area contributed by atoms with Crippen molar-refractivity contribution in [2.45, 2.75) is 32.0 Å². The summed E-state index contributed by atoms with van der Waals surface area (Å²) in [6.45, 7) is 4.78. The molecule has 0 fully saturated rings. The van der Waals surface area contributed by atoms with Crippen LogP contribution >= 0.6 is 11.8 Å². The highest BCUT2D eigenvalue weighted by atomic mass is 32.2. The minimum atomic E-state index is -0.0631. The Bertz CT molecular complexity index is 1120. The Morgan fingerprint density at radius 1 is 1.10 bits per heavy atom. The van der Waals surface area contributed by atoms with Crippen LogP contribution in [-0.2, 0) is 17.8 Å². The minimum absolute atomic E-state index is 0.0631. The van der Waals surface area contributed by atoms with E-state index in [0.29, 0.717) is 23.3 Å². The maximum Gasteiger partial charge on any atom is 0.234 e. The van der Waals surface area contributed by atoms with Crippen molar-refractivity contribution in [1.82, 2.24) is 14.8 Å². The summed E-state index contributed by atoms with van der Waals surface area (Å²) in [7, 11) is 0. The van der Waals surface area contributed by atoms with Crippen LogP contribution in [0, 0.1) is 0 Å². The molecule has 4 aromatic rings. The second kappa shape index (κ2) is 8.53. The van der Waals surface area contributed by atoms with Crippen molar-refractivity contribution in [1.29, 1.82) is 0 Å². The van der Waals surface area contributed by atoms with Gasteiger partial charge in [0.15, 0.2) is 10.9 Å². The van der Waals surface area contributed by atoms with E-state index in [-0.39, 0.29) is 11.7 Å². The Morgan fingerprint density at radius 3 is 2.69 bits per heavy atom. The number of furan rings is 1. The first kappa shape index (κ1) is 19.3. The molecule has 0 unspecified atom stereocenters. The summed E-state index contributed by atoms with van der Waals surface area (Å²) in [5.41, 5.74) is 2.80. The first-order valence-electron chi connectivity index (χ1n) is 9.62. The number of fused-ring (bicyclic) bond motifs is 1. The van der Waals surface area contributed by atoms with E-state index in [1.54, 1.807) is 0 Å². The lowest BCUT2D eigenvalue weighted by molar-refractivity contribution is -0.113. The number of amides is 1. The third kappa shape index (κ3) is 4.05. The number of aryl methyl sites for hydroxylation is 1. The quantitative estimate of drug-likeness (QED) is 0.437. The molecule has 2 aromatic carbocycles. The van der Waals surface area contributed by atoms with Crippen molar-refractivity contribution < 1.29 is 9.21 Å². The van der Waals surface area contributed by atoms with Gasteiger partial charge < -0.3 is 9.73 Å². The number of para-hydroxylation sites is 2. The first-order chi connectivity index (χ1) is 14.2. The van der Waals surface area contributed by atoms with Gasteiger partial charge in [0.25, 0.3) is 0 Å². The maximum absolute atomic E-state index is 12.4. The number of hydrogen-bond acceptors (Lipinski definition) is 5. The Hall–Kier alpha value is -3.06. The number of rotatable bonds is 7. The molecule has 1 amide bonds. The number of hydrogen-bond donors (Lipinski definition) is 1. The lowest BCUT2D eigenvalue weighted by Gasteiger charge is -2.09. The van der Waals surface area contributed by atoms with Gasteiger partial charge in [-0.3, -0.25) is 9.36 Å². The van der Waals surface area contributed by atoms with Gasteiger partial charge in [0, 0.05) is 17.6 Å². The molecule has 0 aliphatic rings. The van der Waals surface area contributed by atoms with E-state index < -0.39 is 0 Å². The average molecular weight is 407 g/mol. The predicted molar refractivity (Wildman–Crippen MR) is 116 cm³/mol. The van der Waals surface area contributed by atoms with Gasteiger partial charge in [0.1, 0.15) is 5.58 Å². The van der Waals surface area contributed by atoms with Gasteiger partial charge in [-0.15, -0.1) is 10.2 Å². The number of thioether (sulfide) groups is 1. The maximum atomic E-state index is 12.4. The van der Waals surface area contributed by atoms with Gasteiger partial charge in [-0.1, -0.05) is 55.1 Å². The molecule has 2 aromatic heterocycles. The van der Waals surface area contributed by atoms with Crippen molar-refractivity contribution in [2.75, 3.05) is 11.1 Å². The van der Waals surface area contributed by atoms with Crippen LogP contribution in [0.25, 0.3) is 22.6 Å². The Balaban J connectivity index is 1.49. The molecule has 6 nitrogen and oxygen atoms in total. The van der Waals surface area contributed by atoms with E-state index in [9.17, 15) is 4.79 Å². The molecular formula is C22H22N4O2S. The Morgan fingerprint density at radius 2 is 1.90 bits per heavy atom. The molecule has 29 heavy (non-hydrogen) atoms. The van der Waals surface area contributed by atoms with E-state index in [1.165, 1.54) is 11.8 Å². The summed E-state index contributed by atoms with van der Waals surface area (Å²) in [5.74, 6) is 1.54. The molecular weight excluding hydrogens is 384 g/mol. The first-order valence-corrected chi connectivity index (χ1v) is 10.6. The normalized spacial score (nSPS) is 11.1. The van der Waals surface area contributed by atoms with E-state index in [4.69, 9.17) is 4.42 Å². The van der Waals surface area contributed by atoms with Crippen molar-refractivity contribution in [2.24, 2.45) is 0 Å². The molecule has 0 saturated carbocycles. The number of anilines is 1. The standard InChI is InChI=1S/C22H22N4O2S/c1-3-15-9-5-7-11-17(15)23-20(27)14-29-22-25-24-21(26(22)4-2)19-13-16-10-6-8-12-18(16)28-19/h5-13H,3-4,14H2,1-2H3,(H,23,27). The number of benzene rings is 2. The number of nitrogens with zero attached hydrogens (tertiary/aromatic N) is 3.